The Bertz CT molecular complexity index is 437. The molecule has 7 nitrogen and oxygen atoms in total. The quantitative estimate of drug-likeness (QED) is 0.355. The topological polar surface area (TPSA) is 91.6 Å². The van der Waals surface area contributed by atoms with Crippen LogP contribution >= 0.6 is 15.9 Å². The average molecular weight is 305 g/mol. The van der Waals surface area contributed by atoms with Crippen LogP contribution in [0.3, 0.4) is 0 Å². The van der Waals surface area contributed by atoms with Crippen molar-refractivity contribution in [2.75, 3.05) is 19.0 Å². The highest BCUT2D eigenvalue weighted by Gasteiger charge is 2.23. The Morgan fingerprint density at radius 3 is 2.88 bits per heavy atom. The Kier molecular flexibility index (Phi) is 4.83. The molecule has 0 saturated carbocycles. The molecular weight excluding hydrogens is 296 g/mol. The van der Waals surface area contributed by atoms with Gasteiger partial charge in [-0.25, -0.2) is 9.78 Å². The molecular formula is C9H9BrN2O5. The van der Waals surface area contributed by atoms with Gasteiger partial charge in [0.15, 0.2) is 0 Å². The van der Waals surface area contributed by atoms with Crippen LogP contribution in [0.5, 0.6) is 5.75 Å². The first-order valence-corrected chi connectivity index (χ1v) is 5.63. The third-order valence-corrected chi connectivity index (χ3v) is 2.09. The van der Waals surface area contributed by atoms with Gasteiger partial charge in [-0.2, -0.15) is 0 Å². The number of aromatic nitrogens is 1. The van der Waals surface area contributed by atoms with Crippen molar-refractivity contribution in [1.82, 2.24) is 4.98 Å². The van der Waals surface area contributed by atoms with Crippen LogP contribution in [-0.2, 0) is 4.74 Å². The Balaban J connectivity index is 3.08. The summed E-state index contributed by atoms with van der Waals surface area (Å²) < 4.78 is 9.54. The number of ether oxygens (including phenoxy) is 2. The number of hydrogen-bond donors (Lipinski definition) is 0. The maximum Gasteiger partial charge on any atom is 0.363 e. The van der Waals surface area contributed by atoms with E-state index in [9.17, 15) is 14.9 Å². The van der Waals surface area contributed by atoms with Gasteiger partial charge >= 0.3 is 11.7 Å². The molecule has 0 aromatic carbocycles. The fourth-order valence-corrected chi connectivity index (χ4v) is 1.23. The van der Waals surface area contributed by atoms with E-state index in [1.54, 1.807) is 0 Å². The molecule has 0 bridgehead atoms. The highest BCUT2D eigenvalue weighted by atomic mass is 79.9. The van der Waals surface area contributed by atoms with Crippen LogP contribution < -0.4 is 4.74 Å². The van der Waals surface area contributed by atoms with Crippen LogP contribution in [0, 0.1) is 10.1 Å². The normalized spacial score (nSPS) is 9.76. The van der Waals surface area contributed by atoms with Crippen molar-refractivity contribution in [3.05, 3.63) is 28.1 Å². The number of methoxy groups -OCH3 is 1. The molecule has 0 saturated heterocycles. The highest BCUT2D eigenvalue weighted by Crippen LogP contribution is 2.22. The van der Waals surface area contributed by atoms with E-state index in [4.69, 9.17) is 4.74 Å². The number of halogens is 1. The largest absolute Gasteiger partial charge is 0.491 e. The van der Waals surface area contributed by atoms with E-state index in [-0.39, 0.29) is 11.4 Å². The molecule has 0 unspecified atom stereocenters. The second kappa shape index (κ2) is 6.14. The van der Waals surface area contributed by atoms with E-state index in [0.29, 0.717) is 11.9 Å². The monoisotopic (exact) mass is 304 g/mol. The van der Waals surface area contributed by atoms with Crippen molar-refractivity contribution < 1.29 is 19.2 Å². The Hall–Kier alpha value is -1.70. The van der Waals surface area contributed by atoms with Gasteiger partial charge in [0.25, 0.3) is 0 Å². The van der Waals surface area contributed by atoms with Crippen molar-refractivity contribution >= 4 is 27.6 Å². The fourth-order valence-electron chi connectivity index (χ4n) is 1.06. The van der Waals surface area contributed by atoms with Gasteiger partial charge in [-0.15, -0.1) is 0 Å². The molecule has 0 amide bonds. The predicted octanol–water partition coefficient (Wildman–Crippen LogP) is 1.55. The molecule has 0 aliphatic rings. The molecule has 0 N–H and O–H groups in total. The molecule has 1 aromatic heterocycles. The van der Waals surface area contributed by atoms with Gasteiger partial charge in [-0.3, -0.25) is 10.1 Å². The van der Waals surface area contributed by atoms with Crippen molar-refractivity contribution in [3.63, 3.8) is 0 Å². The number of carbonyl (C=O) groups excluding carboxylic acids is 1. The highest BCUT2D eigenvalue weighted by molar-refractivity contribution is 9.09. The zero-order valence-electron chi connectivity index (χ0n) is 8.88. The SMILES string of the molecule is COC(=O)c1ncc(OCCBr)cc1[N+](=O)[O-]. The Morgan fingerprint density at radius 1 is 1.65 bits per heavy atom. The minimum Gasteiger partial charge on any atom is -0.491 e. The van der Waals surface area contributed by atoms with Gasteiger partial charge in [0.2, 0.25) is 5.69 Å². The van der Waals surface area contributed by atoms with Crippen molar-refractivity contribution in [2.45, 2.75) is 0 Å². The smallest absolute Gasteiger partial charge is 0.363 e. The van der Waals surface area contributed by atoms with E-state index in [0.717, 1.165) is 13.2 Å². The molecule has 0 aliphatic heterocycles. The van der Waals surface area contributed by atoms with E-state index in [2.05, 4.69) is 25.7 Å². The maximum absolute atomic E-state index is 11.2. The van der Waals surface area contributed by atoms with Crippen molar-refractivity contribution in [2.24, 2.45) is 0 Å². The second-order valence-corrected chi connectivity index (χ2v) is 3.62. The average Bonchev–Trinajstić information content (AvgIpc) is 2.35. The van der Waals surface area contributed by atoms with Crippen LogP contribution in [0.4, 0.5) is 5.69 Å². The summed E-state index contributed by atoms with van der Waals surface area (Å²) in [4.78, 5) is 24.9. The first kappa shape index (κ1) is 13.4. The summed E-state index contributed by atoms with van der Waals surface area (Å²) in [6.07, 6.45) is 1.24. The lowest BCUT2D eigenvalue weighted by atomic mass is 10.3. The lowest BCUT2D eigenvalue weighted by Gasteiger charge is -2.05. The van der Waals surface area contributed by atoms with E-state index in [1.807, 2.05) is 0 Å². The number of rotatable bonds is 5. The molecule has 1 heterocycles. The van der Waals surface area contributed by atoms with Crippen LogP contribution in [0.1, 0.15) is 10.5 Å². The molecule has 0 radical (unpaired) electrons. The number of nitro groups is 1. The van der Waals surface area contributed by atoms with Gasteiger partial charge in [-0.05, 0) is 0 Å². The maximum atomic E-state index is 11.2. The molecule has 92 valence electrons. The van der Waals surface area contributed by atoms with Crippen molar-refractivity contribution in [1.29, 1.82) is 0 Å². The number of pyridine rings is 1. The van der Waals surface area contributed by atoms with E-state index >= 15 is 0 Å². The summed E-state index contributed by atoms with van der Waals surface area (Å²) >= 11 is 3.15. The molecule has 8 heteroatoms. The van der Waals surface area contributed by atoms with Gasteiger partial charge < -0.3 is 9.47 Å². The van der Waals surface area contributed by atoms with Crippen LogP contribution in [0.15, 0.2) is 12.3 Å². The Labute approximate surface area is 105 Å². The summed E-state index contributed by atoms with van der Waals surface area (Å²) in [6, 6.07) is 1.14. The number of alkyl halides is 1. The zero-order valence-corrected chi connectivity index (χ0v) is 10.5. The second-order valence-electron chi connectivity index (χ2n) is 2.82. The summed E-state index contributed by atoms with van der Waals surface area (Å²) in [5.74, 6) is -0.632. The predicted molar refractivity (Wildman–Crippen MR) is 61.5 cm³/mol. The van der Waals surface area contributed by atoms with Gasteiger partial charge in [0.05, 0.1) is 30.9 Å². The third kappa shape index (κ3) is 3.38. The first-order valence-electron chi connectivity index (χ1n) is 4.51. The minimum absolute atomic E-state index is 0.226. The molecule has 0 aliphatic carbocycles. The van der Waals surface area contributed by atoms with Crippen LogP contribution in [0.25, 0.3) is 0 Å². The number of nitrogens with zero attached hydrogens (tertiary/aromatic N) is 2. The summed E-state index contributed by atoms with van der Waals surface area (Å²) in [5.41, 5.74) is -0.785. The zero-order chi connectivity index (χ0) is 12.8. The minimum atomic E-state index is -0.858. The molecule has 1 rings (SSSR count). The standard InChI is InChI=1S/C9H9BrN2O5/c1-16-9(13)8-7(12(14)15)4-6(5-11-8)17-3-2-10/h4-5H,2-3H2,1H3. The van der Waals surface area contributed by atoms with Gasteiger partial charge in [0.1, 0.15) is 5.75 Å². The summed E-state index contributed by atoms with van der Waals surface area (Å²) in [7, 11) is 1.13. The molecule has 0 atom stereocenters. The lowest BCUT2D eigenvalue weighted by molar-refractivity contribution is -0.385. The summed E-state index contributed by atoms with van der Waals surface area (Å²) in [6.45, 7) is 0.344. The van der Waals surface area contributed by atoms with Crippen LogP contribution in [0.2, 0.25) is 0 Å². The third-order valence-electron chi connectivity index (χ3n) is 1.76. The number of hydrogen-bond acceptors (Lipinski definition) is 6. The van der Waals surface area contributed by atoms with Gasteiger partial charge in [-0.1, -0.05) is 15.9 Å². The first-order chi connectivity index (χ1) is 8.10. The molecule has 1 aromatic rings. The van der Waals surface area contributed by atoms with E-state index in [1.165, 1.54) is 6.20 Å². The van der Waals surface area contributed by atoms with Gasteiger partial charge in [0, 0.05) is 5.33 Å². The molecule has 0 fully saturated rings. The molecule has 0 spiro atoms. The fraction of sp³-hybridized carbons (Fsp3) is 0.333. The number of carbonyl (C=O) groups is 1. The summed E-state index contributed by atoms with van der Waals surface area (Å²) in [5, 5.41) is 11.3. The Morgan fingerprint density at radius 2 is 2.35 bits per heavy atom. The number of esters is 1. The molecule has 17 heavy (non-hydrogen) atoms. The lowest BCUT2D eigenvalue weighted by Crippen LogP contribution is -2.09. The van der Waals surface area contributed by atoms with E-state index < -0.39 is 16.6 Å². The van der Waals surface area contributed by atoms with Crippen molar-refractivity contribution in [3.8, 4) is 5.75 Å². The van der Waals surface area contributed by atoms with Crippen LogP contribution in [-0.4, -0.2) is 34.9 Å².